The molecule has 1 aliphatic rings. The van der Waals surface area contributed by atoms with Gasteiger partial charge >= 0.3 is 0 Å². The van der Waals surface area contributed by atoms with E-state index < -0.39 is 0 Å². The van der Waals surface area contributed by atoms with Gasteiger partial charge in [0.1, 0.15) is 11.1 Å². The number of carbonyl (C=O) groups is 1. The Kier molecular flexibility index (Phi) is 5.25. The van der Waals surface area contributed by atoms with Crippen LogP contribution in [-0.4, -0.2) is 21.1 Å². The van der Waals surface area contributed by atoms with E-state index in [0.717, 1.165) is 41.1 Å². The smallest absolute Gasteiger partial charge is 0.239 e. The zero-order valence-electron chi connectivity index (χ0n) is 14.6. The van der Waals surface area contributed by atoms with Gasteiger partial charge in [-0.1, -0.05) is 17.8 Å². The van der Waals surface area contributed by atoms with E-state index in [-0.39, 0.29) is 11.2 Å². The zero-order valence-corrected chi connectivity index (χ0v) is 17.0. The Morgan fingerprint density at radius 3 is 3.04 bits per heavy atom. The molecule has 5 nitrogen and oxygen atoms in total. The van der Waals surface area contributed by atoms with Crippen molar-refractivity contribution in [3.8, 4) is 16.6 Å². The Hall–Kier alpha value is -2.21. The number of rotatable bonds is 5. The van der Waals surface area contributed by atoms with Crippen molar-refractivity contribution in [3.05, 3.63) is 45.8 Å². The largest absolute Gasteiger partial charge is 0.301 e. The summed E-state index contributed by atoms with van der Waals surface area (Å²) < 4.78 is 0. The van der Waals surface area contributed by atoms with Gasteiger partial charge in [0.2, 0.25) is 5.91 Å². The van der Waals surface area contributed by atoms with Crippen LogP contribution in [0.2, 0.25) is 0 Å². The Bertz CT molecular complexity index is 1020. The van der Waals surface area contributed by atoms with Gasteiger partial charge in [0.25, 0.3) is 0 Å². The van der Waals surface area contributed by atoms with E-state index in [1.54, 1.807) is 11.3 Å². The number of pyridine rings is 1. The van der Waals surface area contributed by atoms with E-state index in [1.807, 2.05) is 35.9 Å². The molecule has 0 saturated heterocycles. The van der Waals surface area contributed by atoms with Crippen LogP contribution < -0.4 is 5.32 Å². The molecule has 1 amide bonds. The number of nitrogens with one attached hydrogen (secondary N) is 1. The summed E-state index contributed by atoms with van der Waals surface area (Å²) in [5.41, 5.74) is 3.65. The molecule has 136 valence electrons. The number of hydrogen-bond acceptors (Lipinski definition) is 7. The number of fused-ring (bicyclic) bond motifs is 1. The summed E-state index contributed by atoms with van der Waals surface area (Å²) in [7, 11) is 0. The molecule has 0 aromatic carbocycles. The van der Waals surface area contributed by atoms with E-state index in [2.05, 4.69) is 21.4 Å². The van der Waals surface area contributed by atoms with Gasteiger partial charge in [-0.2, -0.15) is 5.26 Å². The number of aryl methyl sites for hydroxylation is 2. The molecular formula is C19H16N4OS3. The maximum absolute atomic E-state index is 12.6. The second kappa shape index (κ2) is 7.80. The number of nitriles is 1. The fraction of sp³-hybridized carbons (Fsp3) is 0.263. The lowest BCUT2D eigenvalue weighted by atomic mass is 10.2. The van der Waals surface area contributed by atoms with E-state index in [1.165, 1.54) is 23.1 Å². The highest BCUT2D eigenvalue weighted by molar-refractivity contribution is 8.00. The Morgan fingerprint density at radius 2 is 2.26 bits per heavy atom. The SMILES string of the molecule is CC(Sc1nc2c(cc1C#N)CCC2)C(=O)Nc1nc(-c2cccs2)cs1. The summed E-state index contributed by atoms with van der Waals surface area (Å²) in [5.74, 6) is -0.140. The summed E-state index contributed by atoms with van der Waals surface area (Å²) in [6.07, 6.45) is 3.00. The van der Waals surface area contributed by atoms with E-state index >= 15 is 0 Å². The summed E-state index contributed by atoms with van der Waals surface area (Å²) >= 11 is 4.35. The first-order valence-corrected chi connectivity index (χ1v) is 11.2. The number of thiophene rings is 1. The second-order valence-corrected chi connectivity index (χ2v) is 9.31. The molecule has 1 N–H and O–H groups in total. The minimum absolute atomic E-state index is 0.140. The van der Waals surface area contributed by atoms with Crippen LogP contribution in [0.3, 0.4) is 0 Å². The van der Waals surface area contributed by atoms with Crippen LogP contribution in [-0.2, 0) is 17.6 Å². The Labute approximate surface area is 169 Å². The maximum Gasteiger partial charge on any atom is 0.239 e. The van der Waals surface area contributed by atoms with Crippen LogP contribution in [0.4, 0.5) is 5.13 Å². The van der Waals surface area contributed by atoms with Crippen LogP contribution in [0.1, 0.15) is 30.2 Å². The molecule has 3 aromatic rings. The van der Waals surface area contributed by atoms with Crippen LogP contribution in [0, 0.1) is 11.3 Å². The lowest BCUT2D eigenvalue weighted by Crippen LogP contribution is -2.22. The van der Waals surface area contributed by atoms with Crippen molar-refractivity contribution in [2.45, 2.75) is 36.5 Å². The number of anilines is 1. The second-order valence-electron chi connectivity index (χ2n) is 6.18. The van der Waals surface area contributed by atoms with Crippen molar-refractivity contribution < 1.29 is 4.79 Å². The average Bonchev–Trinajstić information content (AvgIpc) is 3.41. The molecule has 1 aliphatic carbocycles. The number of carbonyl (C=O) groups excluding carboxylic acids is 1. The molecule has 3 aromatic heterocycles. The molecule has 0 bridgehead atoms. The molecule has 0 radical (unpaired) electrons. The average molecular weight is 413 g/mol. The van der Waals surface area contributed by atoms with Crippen molar-refractivity contribution in [2.24, 2.45) is 0 Å². The lowest BCUT2D eigenvalue weighted by molar-refractivity contribution is -0.115. The molecule has 0 fully saturated rings. The van der Waals surface area contributed by atoms with Gasteiger partial charge in [0.15, 0.2) is 5.13 Å². The van der Waals surface area contributed by atoms with Gasteiger partial charge < -0.3 is 5.32 Å². The molecule has 0 spiro atoms. The minimum Gasteiger partial charge on any atom is -0.301 e. The molecule has 0 aliphatic heterocycles. The van der Waals surface area contributed by atoms with Crippen molar-refractivity contribution in [1.82, 2.24) is 9.97 Å². The highest BCUT2D eigenvalue weighted by atomic mass is 32.2. The van der Waals surface area contributed by atoms with Crippen LogP contribution in [0.25, 0.3) is 10.6 Å². The van der Waals surface area contributed by atoms with E-state index in [0.29, 0.717) is 15.7 Å². The number of thiazole rings is 1. The third-order valence-corrected chi connectivity index (χ3v) is 7.05. The summed E-state index contributed by atoms with van der Waals surface area (Å²) in [6.45, 7) is 1.82. The molecule has 27 heavy (non-hydrogen) atoms. The van der Waals surface area contributed by atoms with Crippen LogP contribution in [0.15, 0.2) is 34.0 Å². The van der Waals surface area contributed by atoms with Gasteiger partial charge in [-0.15, -0.1) is 22.7 Å². The van der Waals surface area contributed by atoms with Crippen molar-refractivity contribution in [1.29, 1.82) is 5.26 Å². The van der Waals surface area contributed by atoms with Crippen molar-refractivity contribution in [2.75, 3.05) is 5.32 Å². The van der Waals surface area contributed by atoms with Crippen LogP contribution >= 0.6 is 34.4 Å². The standard InChI is InChI=1S/C19H16N4OS3/c1-11(27-18-13(9-20)8-12-4-2-5-14(12)21-18)17(24)23-19-22-15(10-26-19)16-6-3-7-25-16/h3,6-8,10-11H,2,4-5H2,1H3,(H,22,23,24). The highest BCUT2D eigenvalue weighted by Gasteiger charge is 2.22. The number of thioether (sulfide) groups is 1. The van der Waals surface area contributed by atoms with Crippen molar-refractivity contribution >= 4 is 45.5 Å². The van der Waals surface area contributed by atoms with E-state index in [9.17, 15) is 10.1 Å². The lowest BCUT2D eigenvalue weighted by Gasteiger charge is -2.12. The molecule has 1 unspecified atom stereocenters. The fourth-order valence-corrected chi connectivity index (χ4v) is 5.29. The first-order chi connectivity index (χ1) is 13.1. The van der Waals surface area contributed by atoms with Crippen LogP contribution in [0.5, 0.6) is 0 Å². The zero-order chi connectivity index (χ0) is 18.8. The number of amides is 1. The summed E-state index contributed by atoms with van der Waals surface area (Å²) in [5, 5.41) is 17.1. The third-order valence-electron chi connectivity index (χ3n) is 4.30. The quantitative estimate of drug-likeness (QED) is 0.612. The van der Waals surface area contributed by atoms with Gasteiger partial charge in [-0.05, 0) is 49.3 Å². The number of nitrogens with zero attached hydrogens (tertiary/aromatic N) is 3. The predicted octanol–water partition coefficient (Wildman–Crippen LogP) is 4.75. The predicted molar refractivity (Wildman–Crippen MR) is 110 cm³/mol. The summed E-state index contributed by atoms with van der Waals surface area (Å²) in [4.78, 5) is 22.8. The molecule has 1 atom stereocenters. The first-order valence-electron chi connectivity index (χ1n) is 8.54. The maximum atomic E-state index is 12.6. The number of hydrogen-bond donors (Lipinski definition) is 1. The van der Waals surface area contributed by atoms with Crippen molar-refractivity contribution in [3.63, 3.8) is 0 Å². The fourth-order valence-electron chi connectivity index (χ4n) is 2.92. The Balaban J connectivity index is 1.45. The number of aromatic nitrogens is 2. The van der Waals surface area contributed by atoms with E-state index in [4.69, 9.17) is 0 Å². The normalized spacial score (nSPS) is 13.8. The van der Waals surface area contributed by atoms with Gasteiger partial charge in [-0.25, -0.2) is 9.97 Å². The topological polar surface area (TPSA) is 78.7 Å². The monoisotopic (exact) mass is 412 g/mol. The molecule has 4 rings (SSSR count). The van der Waals surface area contributed by atoms with Gasteiger partial charge in [0.05, 0.1) is 21.4 Å². The highest BCUT2D eigenvalue weighted by Crippen LogP contribution is 2.32. The molecule has 8 heteroatoms. The first kappa shape index (κ1) is 18.2. The summed E-state index contributed by atoms with van der Waals surface area (Å²) in [6, 6.07) is 8.13. The Morgan fingerprint density at radius 1 is 1.37 bits per heavy atom. The van der Waals surface area contributed by atoms with Gasteiger partial charge in [0, 0.05) is 11.1 Å². The third kappa shape index (κ3) is 3.90. The molecular weight excluding hydrogens is 396 g/mol. The minimum atomic E-state index is -0.377. The molecule has 3 heterocycles. The van der Waals surface area contributed by atoms with Gasteiger partial charge in [-0.3, -0.25) is 4.79 Å². The molecule has 0 saturated carbocycles.